The van der Waals surface area contributed by atoms with E-state index >= 15 is 0 Å². The molecule has 5 aromatic heterocycles. The van der Waals surface area contributed by atoms with Crippen molar-refractivity contribution in [2.45, 2.75) is 32.6 Å². The Labute approximate surface area is 222 Å². The number of amides is 1. The summed E-state index contributed by atoms with van der Waals surface area (Å²) in [6, 6.07) is 14.4. The van der Waals surface area contributed by atoms with Crippen molar-refractivity contribution in [3.63, 3.8) is 0 Å². The third-order valence-corrected chi connectivity index (χ3v) is 8.25. The van der Waals surface area contributed by atoms with E-state index in [0.29, 0.717) is 11.5 Å². The summed E-state index contributed by atoms with van der Waals surface area (Å²) < 4.78 is 0. The van der Waals surface area contributed by atoms with E-state index in [1.54, 1.807) is 29.9 Å². The highest BCUT2D eigenvalue weighted by atomic mass is 32.1. The summed E-state index contributed by atoms with van der Waals surface area (Å²) in [4.78, 5) is 32.5. The average molecular weight is 520 g/mol. The third kappa shape index (κ3) is 4.05. The number of imidazole rings is 1. The molecule has 1 aliphatic carbocycles. The first kappa shape index (κ1) is 22.8. The first-order valence-corrected chi connectivity index (χ1v) is 13.6. The number of carbonyl (C=O) groups excluding carboxylic acids is 1. The van der Waals surface area contributed by atoms with E-state index in [-0.39, 0.29) is 11.8 Å². The molecule has 1 fully saturated rings. The SMILES string of the molecule is Cc1ccc(-c2cccc3[nH]c(-c4n[nH]c5cnc(-c6cncc(NC(=O)C7CCCC7)c6)cc45)nc23)s1. The van der Waals surface area contributed by atoms with Gasteiger partial charge in [0.25, 0.3) is 0 Å². The van der Waals surface area contributed by atoms with Crippen LogP contribution in [0.2, 0.25) is 0 Å². The van der Waals surface area contributed by atoms with E-state index < -0.39 is 0 Å². The van der Waals surface area contributed by atoms with Gasteiger partial charge >= 0.3 is 0 Å². The average Bonchev–Trinajstić information content (AvgIpc) is 3.74. The number of hydrogen-bond donors (Lipinski definition) is 3. The Morgan fingerprint density at radius 3 is 2.79 bits per heavy atom. The summed E-state index contributed by atoms with van der Waals surface area (Å²) in [5, 5.41) is 11.6. The summed E-state index contributed by atoms with van der Waals surface area (Å²) in [5.74, 6) is 0.860. The van der Waals surface area contributed by atoms with Crippen molar-refractivity contribution in [3.05, 3.63) is 65.9 Å². The molecule has 188 valence electrons. The van der Waals surface area contributed by atoms with Crippen LogP contribution in [0.15, 0.2) is 61.1 Å². The Kier molecular flexibility index (Phi) is 5.51. The Morgan fingerprint density at radius 1 is 1.05 bits per heavy atom. The highest BCUT2D eigenvalue weighted by Gasteiger charge is 2.23. The van der Waals surface area contributed by atoms with Crippen LogP contribution in [0, 0.1) is 12.8 Å². The molecule has 5 heterocycles. The molecule has 38 heavy (non-hydrogen) atoms. The first-order chi connectivity index (χ1) is 18.6. The Morgan fingerprint density at radius 2 is 1.95 bits per heavy atom. The lowest BCUT2D eigenvalue weighted by atomic mass is 10.1. The zero-order valence-electron chi connectivity index (χ0n) is 20.8. The molecule has 0 unspecified atom stereocenters. The molecular weight excluding hydrogens is 494 g/mol. The van der Waals surface area contributed by atoms with Crippen molar-refractivity contribution in [2.24, 2.45) is 5.92 Å². The number of benzene rings is 1. The van der Waals surface area contributed by atoms with Crippen molar-refractivity contribution in [1.82, 2.24) is 30.1 Å². The van der Waals surface area contributed by atoms with E-state index in [1.165, 1.54) is 9.75 Å². The van der Waals surface area contributed by atoms with E-state index in [1.807, 2.05) is 24.3 Å². The Bertz CT molecular complexity index is 1810. The fourth-order valence-corrected chi connectivity index (χ4v) is 6.15. The topological polar surface area (TPSA) is 112 Å². The first-order valence-electron chi connectivity index (χ1n) is 12.8. The fraction of sp³-hybridized carbons (Fsp3) is 0.207. The van der Waals surface area contributed by atoms with Crippen LogP contribution in [0.25, 0.3) is 55.2 Å². The monoisotopic (exact) mass is 519 g/mol. The number of aryl methyl sites for hydroxylation is 1. The minimum absolute atomic E-state index is 0.0731. The second-order valence-electron chi connectivity index (χ2n) is 9.82. The highest BCUT2D eigenvalue weighted by molar-refractivity contribution is 7.15. The van der Waals surface area contributed by atoms with Gasteiger partial charge in [0.15, 0.2) is 5.82 Å². The van der Waals surface area contributed by atoms with Gasteiger partial charge in [-0.1, -0.05) is 25.0 Å². The van der Waals surface area contributed by atoms with Gasteiger partial charge in [0.2, 0.25) is 5.91 Å². The zero-order valence-corrected chi connectivity index (χ0v) is 21.6. The summed E-state index contributed by atoms with van der Waals surface area (Å²) in [6.45, 7) is 2.11. The maximum absolute atomic E-state index is 12.6. The predicted molar refractivity (Wildman–Crippen MR) is 151 cm³/mol. The molecule has 0 radical (unpaired) electrons. The van der Waals surface area contributed by atoms with E-state index in [0.717, 1.165) is 70.1 Å². The standard InChI is InChI=1S/C29H25N7OS/c1-16-9-10-25(38-16)20-7-4-8-22-26(20)34-28(33-22)27-21-12-23(31-15-24(21)35-36-27)18-11-19(14-30-13-18)32-29(37)17-5-2-3-6-17/h4,7-15,17H,2-3,5-6H2,1H3,(H,32,37)(H,33,34)(H,35,36). The molecule has 8 nitrogen and oxygen atoms in total. The number of nitrogens with one attached hydrogen (secondary N) is 3. The van der Waals surface area contributed by atoms with Gasteiger partial charge < -0.3 is 10.3 Å². The molecule has 0 aliphatic heterocycles. The number of thiophene rings is 1. The van der Waals surface area contributed by atoms with Gasteiger partial charge in [-0.25, -0.2) is 4.98 Å². The second kappa shape index (κ2) is 9.18. The molecule has 7 rings (SSSR count). The van der Waals surface area contributed by atoms with Gasteiger partial charge in [-0.15, -0.1) is 11.3 Å². The van der Waals surface area contributed by atoms with Gasteiger partial charge in [-0.2, -0.15) is 5.10 Å². The molecule has 1 aromatic carbocycles. The summed E-state index contributed by atoms with van der Waals surface area (Å²) in [5.41, 5.74) is 6.78. The summed E-state index contributed by atoms with van der Waals surface area (Å²) in [6.07, 6.45) is 9.36. The number of rotatable bonds is 5. The lowest BCUT2D eigenvalue weighted by molar-refractivity contribution is -0.119. The highest BCUT2D eigenvalue weighted by Crippen LogP contribution is 2.35. The van der Waals surface area contributed by atoms with Crippen LogP contribution in [-0.2, 0) is 4.79 Å². The molecule has 3 N–H and O–H groups in total. The van der Waals surface area contributed by atoms with E-state index in [9.17, 15) is 4.79 Å². The number of aromatic nitrogens is 6. The van der Waals surface area contributed by atoms with Crippen LogP contribution in [-0.4, -0.2) is 36.0 Å². The zero-order chi connectivity index (χ0) is 25.6. The molecule has 1 saturated carbocycles. The van der Waals surface area contributed by atoms with Gasteiger partial charge in [-0.3, -0.25) is 19.9 Å². The molecule has 1 aliphatic rings. The maximum atomic E-state index is 12.6. The minimum atomic E-state index is 0.0731. The van der Waals surface area contributed by atoms with Crippen LogP contribution >= 0.6 is 11.3 Å². The number of aromatic amines is 2. The van der Waals surface area contributed by atoms with E-state index in [2.05, 4.69) is 55.6 Å². The van der Waals surface area contributed by atoms with Gasteiger partial charge in [0.05, 0.1) is 40.3 Å². The van der Waals surface area contributed by atoms with Crippen molar-refractivity contribution < 1.29 is 4.79 Å². The number of hydrogen-bond acceptors (Lipinski definition) is 6. The van der Waals surface area contributed by atoms with E-state index in [4.69, 9.17) is 4.98 Å². The smallest absolute Gasteiger partial charge is 0.227 e. The quantitative estimate of drug-likeness (QED) is 0.234. The number of pyridine rings is 2. The van der Waals surface area contributed by atoms with Crippen LogP contribution < -0.4 is 5.32 Å². The maximum Gasteiger partial charge on any atom is 0.227 e. The molecule has 6 aromatic rings. The van der Waals surface area contributed by atoms with Crippen LogP contribution in [0.4, 0.5) is 5.69 Å². The summed E-state index contributed by atoms with van der Waals surface area (Å²) in [7, 11) is 0. The summed E-state index contributed by atoms with van der Waals surface area (Å²) >= 11 is 1.76. The molecule has 1 amide bonds. The number of H-pyrrole nitrogens is 2. The molecule has 0 bridgehead atoms. The van der Waals surface area contributed by atoms with Crippen LogP contribution in [0.5, 0.6) is 0 Å². The predicted octanol–water partition coefficient (Wildman–Crippen LogP) is 6.73. The number of fused-ring (bicyclic) bond motifs is 2. The number of anilines is 1. The van der Waals surface area contributed by atoms with Crippen molar-refractivity contribution >= 4 is 44.9 Å². The second-order valence-corrected chi connectivity index (χ2v) is 11.1. The van der Waals surface area contributed by atoms with Gasteiger partial charge in [-0.05, 0) is 50.1 Å². The third-order valence-electron chi connectivity index (χ3n) is 7.22. The Hall–Kier alpha value is -4.37. The molecule has 9 heteroatoms. The van der Waals surface area contributed by atoms with Crippen molar-refractivity contribution in [2.75, 3.05) is 5.32 Å². The van der Waals surface area contributed by atoms with Crippen molar-refractivity contribution in [1.29, 1.82) is 0 Å². The van der Waals surface area contributed by atoms with Gasteiger partial charge in [0, 0.05) is 38.4 Å². The molecular formula is C29H25N7OS. The largest absolute Gasteiger partial charge is 0.337 e. The van der Waals surface area contributed by atoms with Crippen LogP contribution in [0.3, 0.4) is 0 Å². The molecule has 0 atom stereocenters. The number of carbonyl (C=O) groups is 1. The van der Waals surface area contributed by atoms with Crippen LogP contribution in [0.1, 0.15) is 30.6 Å². The Balaban J connectivity index is 1.24. The van der Waals surface area contributed by atoms with Gasteiger partial charge in [0.1, 0.15) is 5.69 Å². The minimum Gasteiger partial charge on any atom is -0.337 e. The lowest BCUT2D eigenvalue weighted by Gasteiger charge is -2.11. The van der Waals surface area contributed by atoms with Crippen molar-refractivity contribution in [3.8, 4) is 33.2 Å². The number of para-hydroxylation sites is 1. The normalized spacial score (nSPS) is 14.0. The lowest BCUT2D eigenvalue weighted by Crippen LogP contribution is -2.20. The molecule has 0 spiro atoms. The number of nitrogens with zero attached hydrogens (tertiary/aromatic N) is 4. The fourth-order valence-electron chi connectivity index (χ4n) is 5.26. The molecule has 0 saturated heterocycles.